The second-order valence-corrected chi connectivity index (χ2v) is 10.8. The highest BCUT2D eigenvalue weighted by molar-refractivity contribution is 7.89. The van der Waals surface area contributed by atoms with Crippen LogP contribution >= 0.6 is 12.2 Å². The van der Waals surface area contributed by atoms with Gasteiger partial charge in [0.2, 0.25) is 10.0 Å². The van der Waals surface area contributed by atoms with Gasteiger partial charge >= 0.3 is 0 Å². The van der Waals surface area contributed by atoms with E-state index in [4.69, 9.17) is 21.9 Å². The Kier molecular flexibility index (Phi) is 7.46. The summed E-state index contributed by atoms with van der Waals surface area (Å²) >= 11 is 5.62. The second-order valence-electron chi connectivity index (χ2n) is 8.47. The highest BCUT2D eigenvalue weighted by Gasteiger charge is 2.38. The molecule has 34 heavy (non-hydrogen) atoms. The first-order valence-electron chi connectivity index (χ1n) is 11.8. The molecule has 3 aliphatic rings. The lowest BCUT2D eigenvalue weighted by Gasteiger charge is -2.33. The van der Waals surface area contributed by atoms with Crippen LogP contribution in [-0.2, 0) is 10.0 Å². The third-order valence-corrected chi connectivity index (χ3v) is 8.49. The molecule has 3 heterocycles. The van der Waals surface area contributed by atoms with Crippen molar-refractivity contribution >= 4 is 44.5 Å². The van der Waals surface area contributed by atoms with Gasteiger partial charge in [-0.25, -0.2) is 18.4 Å². The Bertz CT molecular complexity index is 1150. The predicted molar refractivity (Wildman–Crippen MR) is 139 cm³/mol. The minimum absolute atomic E-state index is 0.206. The number of amidine groups is 1. The molecule has 1 fully saturated rings. The Labute approximate surface area is 207 Å². The average Bonchev–Trinajstić information content (AvgIpc) is 3.15. The van der Waals surface area contributed by atoms with E-state index in [0.29, 0.717) is 41.8 Å². The number of rotatable bonds is 8. The standard InChI is InChI=1S/C23H32N6O3S2/c1-5-8-18-20-21(27(4)26-18)23(33)25-22(24-20)17-15-16(9-10-19(17)32-7-3)34(30,31)29-13-11-28(6-2)12-14-29/h9-10,15,21H,5-8,11-14H2,1-4H3. The van der Waals surface area contributed by atoms with Crippen molar-refractivity contribution < 1.29 is 13.2 Å². The van der Waals surface area contributed by atoms with Crippen LogP contribution < -0.4 is 4.74 Å². The molecule has 0 spiro atoms. The smallest absolute Gasteiger partial charge is 0.243 e. The van der Waals surface area contributed by atoms with E-state index in [1.54, 1.807) is 27.5 Å². The molecule has 1 aromatic carbocycles. The number of hydrazone groups is 1. The van der Waals surface area contributed by atoms with Crippen molar-refractivity contribution in [2.75, 3.05) is 46.4 Å². The van der Waals surface area contributed by atoms with E-state index in [9.17, 15) is 8.42 Å². The number of benzene rings is 1. The van der Waals surface area contributed by atoms with Crippen LogP contribution in [0.2, 0.25) is 0 Å². The average molecular weight is 505 g/mol. The van der Waals surface area contributed by atoms with Gasteiger partial charge in [0.1, 0.15) is 16.8 Å². The number of sulfonamides is 1. The maximum Gasteiger partial charge on any atom is 0.243 e. The molecule has 0 aromatic heterocycles. The Morgan fingerprint density at radius 1 is 1.12 bits per heavy atom. The van der Waals surface area contributed by atoms with E-state index < -0.39 is 10.0 Å². The fourth-order valence-corrected chi connectivity index (χ4v) is 6.24. The van der Waals surface area contributed by atoms with Gasteiger partial charge in [-0.05, 0) is 38.1 Å². The largest absolute Gasteiger partial charge is 0.493 e. The molecule has 0 bridgehead atoms. The Morgan fingerprint density at radius 3 is 2.50 bits per heavy atom. The second kappa shape index (κ2) is 10.2. The van der Waals surface area contributed by atoms with E-state index in [1.807, 2.05) is 14.0 Å². The van der Waals surface area contributed by atoms with Gasteiger partial charge in [0.25, 0.3) is 0 Å². The highest BCUT2D eigenvalue weighted by atomic mass is 32.2. The molecule has 3 aliphatic heterocycles. The Hall–Kier alpha value is -2.21. The predicted octanol–water partition coefficient (Wildman–Crippen LogP) is 2.41. The molecule has 1 unspecified atom stereocenters. The van der Waals surface area contributed by atoms with Crippen LogP contribution in [0.25, 0.3) is 0 Å². The molecule has 1 saturated heterocycles. The van der Waals surface area contributed by atoms with Crippen molar-refractivity contribution in [3.63, 3.8) is 0 Å². The molecule has 1 atom stereocenters. The molecule has 0 N–H and O–H groups in total. The zero-order valence-corrected chi connectivity index (χ0v) is 21.8. The lowest BCUT2D eigenvalue weighted by Crippen LogP contribution is -2.48. The van der Waals surface area contributed by atoms with Crippen LogP contribution in [0.3, 0.4) is 0 Å². The van der Waals surface area contributed by atoms with Gasteiger partial charge in [-0.3, -0.25) is 5.01 Å². The zero-order valence-electron chi connectivity index (χ0n) is 20.2. The summed E-state index contributed by atoms with van der Waals surface area (Å²) in [5, 5.41) is 6.41. The molecule has 4 rings (SSSR count). The molecular weight excluding hydrogens is 472 g/mol. The van der Waals surface area contributed by atoms with Crippen LogP contribution in [0.1, 0.15) is 39.2 Å². The van der Waals surface area contributed by atoms with E-state index in [1.165, 1.54) is 0 Å². The highest BCUT2D eigenvalue weighted by Crippen LogP contribution is 2.29. The van der Waals surface area contributed by atoms with E-state index in [0.717, 1.165) is 43.9 Å². The number of hydrogen-bond acceptors (Lipinski definition) is 8. The quantitative estimate of drug-likeness (QED) is 0.505. The third kappa shape index (κ3) is 4.66. The zero-order chi connectivity index (χ0) is 24.5. The summed E-state index contributed by atoms with van der Waals surface area (Å²) in [7, 11) is -1.80. The number of aliphatic imine (C=N–C) groups is 2. The molecule has 184 valence electrons. The number of nitrogens with zero attached hydrogens (tertiary/aromatic N) is 6. The molecular formula is C23H32N6O3S2. The number of fused-ring (bicyclic) bond motifs is 1. The van der Waals surface area contributed by atoms with Crippen LogP contribution in [-0.4, -0.2) is 97.3 Å². The topological polar surface area (TPSA) is 90.2 Å². The van der Waals surface area contributed by atoms with Gasteiger partial charge in [-0.15, -0.1) is 0 Å². The minimum atomic E-state index is -3.66. The Balaban J connectivity index is 1.73. The fraction of sp³-hybridized carbons (Fsp3) is 0.565. The summed E-state index contributed by atoms with van der Waals surface area (Å²) in [6.45, 7) is 9.80. The molecule has 0 saturated carbocycles. The first kappa shape index (κ1) is 24.9. The van der Waals surface area contributed by atoms with Crippen molar-refractivity contribution in [1.29, 1.82) is 0 Å². The van der Waals surface area contributed by atoms with Gasteiger partial charge in [0.15, 0.2) is 5.84 Å². The van der Waals surface area contributed by atoms with Crippen molar-refractivity contribution in [3.05, 3.63) is 23.8 Å². The molecule has 11 heteroatoms. The fourth-order valence-electron chi connectivity index (χ4n) is 4.44. The van der Waals surface area contributed by atoms with Crippen LogP contribution in [0.15, 0.2) is 38.2 Å². The first-order valence-corrected chi connectivity index (χ1v) is 13.7. The number of hydrogen-bond donors (Lipinski definition) is 0. The SMILES string of the molecule is CCCC1=NN(C)C2C(=S)N=C(c3cc(S(=O)(=O)N4CCN(CC)CC4)ccc3OCC)N=C12. The summed E-state index contributed by atoms with van der Waals surface area (Å²) < 4.78 is 34.3. The normalized spacial score (nSPS) is 21.8. The molecule has 1 aromatic rings. The summed E-state index contributed by atoms with van der Waals surface area (Å²) in [5.41, 5.74) is 2.19. The first-order chi connectivity index (χ1) is 16.3. The number of piperazine rings is 1. The van der Waals surface area contributed by atoms with Gasteiger partial charge in [-0.1, -0.05) is 32.5 Å². The minimum Gasteiger partial charge on any atom is -0.493 e. The lowest BCUT2D eigenvalue weighted by molar-refractivity contribution is 0.196. The number of ether oxygens (including phenoxy) is 1. The van der Waals surface area contributed by atoms with Gasteiger partial charge in [0.05, 0.1) is 28.5 Å². The van der Waals surface area contributed by atoms with Gasteiger partial charge < -0.3 is 9.64 Å². The molecule has 0 aliphatic carbocycles. The molecule has 9 nitrogen and oxygen atoms in total. The van der Waals surface area contributed by atoms with E-state index >= 15 is 0 Å². The maximum absolute atomic E-state index is 13.5. The van der Waals surface area contributed by atoms with Crippen LogP contribution in [0.4, 0.5) is 0 Å². The molecule has 0 radical (unpaired) electrons. The van der Waals surface area contributed by atoms with Crippen molar-refractivity contribution in [2.24, 2.45) is 15.1 Å². The van der Waals surface area contributed by atoms with Crippen LogP contribution in [0, 0.1) is 0 Å². The third-order valence-electron chi connectivity index (χ3n) is 6.28. The molecule has 0 amide bonds. The van der Waals surface area contributed by atoms with Crippen molar-refractivity contribution in [1.82, 2.24) is 14.2 Å². The summed E-state index contributed by atoms with van der Waals surface area (Å²) in [6.07, 6.45) is 1.72. The monoisotopic (exact) mass is 504 g/mol. The lowest BCUT2D eigenvalue weighted by atomic mass is 10.0. The van der Waals surface area contributed by atoms with Crippen LogP contribution in [0.5, 0.6) is 5.75 Å². The summed E-state index contributed by atoms with van der Waals surface area (Å²) in [5.74, 6) is 0.897. The van der Waals surface area contributed by atoms with E-state index in [2.05, 4.69) is 28.8 Å². The van der Waals surface area contributed by atoms with Crippen molar-refractivity contribution in [3.8, 4) is 5.75 Å². The van der Waals surface area contributed by atoms with E-state index in [-0.39, 0.29) is 10.9 Å². The summed E-state index contributed by atoms with van der Waals surface area (Å²) in [6, 6.07) is 4.64. The van der Waals surface area contributed by atoms with Gasteiger partial charge in [0, 0.05) is 33.2 Å². The summed E-state index contributed by atoms with van der Waals surface area (Å²) in [4.78, 5) is 12.3. The maximum atomic E-state index is 13.5. The van der Waals surface area contributed by atoms with Crippen molar-refractivity contribution in [2.45, 2.75) is 44.6 Å². The number of likely N-dealkylation sites (N-methyl/N-ethyl adjacent to an activating group) is 2. The van der Waals surface area contributed by atoms with Gasteiger partial charge in [-0.2, -0.15) is 9.41 Å². The number of thiocarbonyl (C=S) groups is 1. The Morgan fingerprint density at radius 2 is 1.85 bits per heavy atom.